The molecule has 0 saturated carbocycles. The monoisotopic (exact) mass is 146 g/mol. The molecule has 0 saturated heterocycles. The van der Waals surface area contributed by atoms with Crippen molar-refractivity contribution in [3.63, 3.8) is 0 Å². The maximum Gasteiger partial charge on any atom is 0.0793 e. The van der Waals surface area contributed by atoms with Crippen LogP contribution in [0.3, 0.4) is 0 Å². The van der Waals surface area contributed by atoms with E-state index in [2.05, 4.69) is 0 Å². The van der Waals surface area contributed by atoms with E-state index in [0.29, 0.717) is 12.0 Å². The van der Waals surface area contributed by atoms with E-state index in [0.717, 1.165) is 0 Å². The first-order valence-corrected chi connectivity index (χ1v) is 3.31. The quantitative estimate of drug-likeness (QED) is 0.476. The average Bonchev–Trinajstić information content (AvgIpc) is 1.91. The average molecular weight is 146 g/mol. The zero-order chi connectivity index (χ0) is 7.98. The van der Waals surface area contributed by atoms with Crippen LogP contribution in [-0.4, -0.2) is 34.6 Å². The summed E-state index contributed by atoms with van der Waals surface area (Å²) in [5.41, 5.74) is 0.564. The zero-order valence-electron chi connectivity index (χ0n) is 6.12. The number of allylic oxidation sites excluding steroid dienone is 1. The van der Waals surface area contributed by atoms with E-state index in [1.807, 2.05) is 0 Å². The lowest BCUT2D eigenvalue weighted by Crippen LogP contribution is -2.14. The van der Waals surface area contributed by atoms with E-state index in [9.17, 15) is 0 Å². The minimum Gasteiger partial charge on any atom is -0.396 e. The molecule has 60 valence electrons. The topological polar surface area (TPSA) is 60.7 Å². The van der Waals surface area contributed by atoms with E-state index in [-0.39, 0.29) is 13.2 Å². The van der Waals surface area contributed by atoms with Crippen LogP contribution in [0.25, 0.3) is 0 Å². The van der Waals surface area contributed by atoms with Crippen molar-refractivity contribution in [1.29, 1.82) is 0 Å². The van der Waals surface area contributed by atoms with Gasteiger partial charge in [0.1, 0.15) is 0 Å². The van der Waals surface area contributed by atoms with Crippen molar-refractivity contribution >= 4 is 0 Å². The third-order valence-electron chi connectivity index (χ3n) is 1.38. The highest BCUT2D eigenvalue weighted by Crippen LogP contribution is 2.04. The van der Waals surface area contributed by atoms with Crippen LogP contribution in [0.4, 0.5) is 0 Å². The second-order valence-corrected chi connectivity index (χ2v) is 2.05. The van der Waals surface area contributed by atoms with Gasteiger partial charge in [-0.25, -0.2) is 0 Å². The second-order valence-electron chi connectivity index (χ2n) is 2.05. The first kappa shape index (κ1) is 9.62. The minimum absolute atomic E-state index is 0.0570. The molecule has 0 aliphatic carbocycles. The summed E-state index contributed by atoms with van der Waals surface area (Å²) in [7, 11) is 0. The molecule has 0 heterocycles. The van der Waals surface area contributed by atoms with Gasteiger partial charge in [0.15, 0.2) is 0 Å². The third kappa shape index (κ3) is 2.96. The molecule has 1 unspecified atom stereocenters. The Hall–Kier alpha value is -0.380. The van der Waals surface area contributed by atoms with E-state index >= 15 is 0 Å². The first-order chi connectivity index (χ1) is 4.76. The Kier molecular flexibility index (Phi) is 5.20. The second kappa shape index (κ2) is 5.41. The van der Waals surface area contributed by atoms with Gasteiger partial charge in [0, 0.05) is 13.0 Å². The maximum atomic E-state index is 9.12. The summed E-state index contributed by atoms with van der Waals surface area (Å²) in [6.45, 7) is 1.54. The van der Waals surface area contributed by atoms with E-state index in [4.69, 9.17) is 15.3 Å². The summed E-state index contributed by atoms with van der Waals surface area (Å²) in [6, 6.07) is 0. The summed E-state index contributed by atoms with van der Waals surface area (Å²) in [6.07, 6.45) is 1.25. The summed E-state index contributed by atoms with van der Waals surface area (Å²) < 4.78 is 0. The molecule has 10 heavy (non-hydrogen) atoms. The van der Waals surface area contributed by atoms with Crippen LogP contribution in [0.5, 0.6) is 0 Å². The van der Waals surface area contributed by atoms with Gasteiger partial charge in [-0.2, -0.15) is 0 Å². The van der Waals surface area contributed by atoms with E-state index in [1.54, 1.807) is 13.0 Å². The lowest BCUT2D eigenvalue weighted by molar-refractivity contribution is 0.147. The highest BCUT2D eigenvalue weighted by molar-refractivity contribution is 5.06. The van der Waals surface area contributed by atoms with Crippen LogP contribution in [0, 0.1) is 0 Å². The fourth-order valence-electron chi connectivity index (χ4n) is 0.697. The Morgan fingerprint density at radius 1 is 1.50 bits per heavy atom. The van der Waals surface area contributed by atoms with Crippen LogP contribution < -0.4 is 0 Å². The van der Waals surface area contributed by atoms with Gasteiger partial charge in [-0.1, -0.05) is 6.08 Å². The number of aliphatic hydroxyl groups excluding tert-OH is 3. The molecule has 0 aromatic carbocycles. The van der Waals surface area contributed by atoms with Crippen LogP contribution in [0.2, 0.25) is 0 Å². The smallest absolute Gasteiger partial charge is 0.0793 e. The molecule has 0 aliphatic rings. The minimum atomic E-state index is -0.694. The molecule has 0 fully saturated rings. The SMILES string of the molecule is CC=C(CO)C(O)CCO. The molecule has 0 aromatic rings. The van der Waals surface area contributed by atoms with Crippen molar-refractivity contribution in [2.24, 2.45) is 0 Å². The van der Waals surface area contributed by atoms with Crippen molar-refractivity contribution in [1.82, 2.24) is 0 Å². The largest absolute Gasteiger partial charge is 0.396 e. The van der Waals surface area contributed by atoms with E-state index in [1.165, 1.54) is 0 Å². The first-order valence-electron chi connectivity index (χ1n) is 3.31. The lowest BCUT2D eigenvalue weighted by atomic mass is 10.1. The molecule has 3 heteroatoms. The fourth-order valence-corrected chi connectivity index (χ4v) is 0.697. The lowest BCUT2D eigenvalue weighted by Gasteiger charge is -2.09. The summed E-state index contributed by atoms with van der Waals surface area (Å²) in [4.78, 5) is 0. The molecule has 3 N–H and O–H groups in total. The number of hydrogen-bond donors (Lipinski definition) is 3. The van der Waals surface area contributed by atoms with Gasteiger partial charge in [0.05, 0.1) is 12.7 Å². The highest BCUT2D eigenvalue weighted by atomic mass is 16.3. The Balaban J connectivity index is 3.77. The number of rotatable bonds is 4. The zero-order valence-corrected chi connectivity index (χ0v) is 6.12. The predicted octanol–water partition coefficient (Wildman–Crippen LogP) is -0.332. The molecule has 0 spiro atoms. The summed E-state index contributed by atoms with van der Waals surface area (Å²) in [5.74, 6) is 0. The van der Waals surface area contributed by atoms with Gasteiger partial charge in [0.25, 0.3) is 0 Å². The van der Waals surface area contributed by atoms with E-state index < -0.39 is 6.10 Å². The normalized spacial score (nSPS) is 15.4. The van der Waals surface area contributed by atoms with Crippen molar-refractivity contribution in [2.45, 2.75) is 19.4 Å². The predicted molar refractivity (Wildman–Crippen MR) is 38.6 cm³/mol. The molecular weight excluding hydrogens is 132 g/mol. The molecule has 0 aromatic heterocycles. The molecule has 0 radical (unpaired) electrons. The molecule has 1 atom stereocenters. The van der Waals surface area contributed by atoms with Gasteiger partial charge < -0.3 is 15.3 Å². The maximum absolute atomic E-state index is 9.12. The summed E-state index contributed by atoms with van der Waals surface area (Å²) in [5, 5.41) is 26.1. The van der Waals surface area contributed by atoms with Gasteiger partial charge in [-0.15, -0.1) is 0 Å². The standard InChI is InChI=1S/C7H14O3/c1-2-6(5-9)7(10)3-4-8/h2,7-10H,3-5H2,1H3. The number of aliphatic hydroxyl groups is 3. The molecule has 0 bridgehead atoms. The Morgan fingerprint density at radius 3 is 2.40 bits per heavy atom. The van der Waals surface area contributed by atoms with Gasteiger partial charge in [0.2, 0.25) is 0 Å². The summed E-state index contributed by atoms with van der Waals surface area (Å²) >= 11 is 0. The van der Waals surface area contributed by atoms with Gasteiger partial charge in [-0.3, -0.25) is 0 Å². The van der Waals surface area contributed by atoms with Crippen LogP contribution in [-0.2, 0) is 0 Å². The third-order valence-corrected chi connectivity index (χ3v) is 1.38. The molecule has 0 amide bonds. The molecule has 3 nitrogen and oxygen atoms in total. The van der Waals surface area contributed by atoms with Crippen molar-refractivity contribution in [2.75, 3.05) is 13.2 Å². The van der Waals surface area contributed by atoms with Gasteiger partial charge in [-0.05, 0) is 12.5 Å². The van der Waals surface area contributed by atoms with Crippen molar-refractivity contribution in [3.8, 4) is 0 Å². The molecule has 0 rings (SSSR count). The fraction of sp³-hybridized carbons (Fsp3) is 0.714. The van der Waals surface area contributed by atoms with Gasteiger partial charge >= 0.3 is 0 Å². The Morgan fingerprint density at radius 2 is 2.10 bits per heavy atom. The van der Waals surface area contributed by atoms with Crippen LogP contribution in [0.15, 0.2) is 11.6 Å². The Labute approximate surface area is 60.6 Å². The molecule has 0 aliphatic heterocycles. The Bertz CT molecular complexity index is 109. The van der Waals surface area contributed by atoms with Crippen LogP contribution in [0.1, 0.15) is 13.3 Å². The van der Waals surface area contributed by atoms with Crippen molar-refractivity contribution in [3.05, 3.63) is 11.6 Å². The molecular formula is C7H14O3. The van der Waals surface area contributed by atoms with Crippen LogP contribution >= 0.6 is 0 Å². The highest BCUT2D eigenvalue weighted by Gasteiger charge is 2.06. The number of hydrogen-bond acceptors (Lipinski definition) is 3. The van der Waals surface area contributed by atoms with Crippen molar-refractivity contribution < 1.29 is 15.3 Å².